The molecule has 1 amide bonds. The van der Waals surface area contributed by atoms with E-state index in [1.54, 1.807) is 19.1 Å². The lowest BCUT2D eigenvalue weighted by molar-refractivity contribution is -0.123. The molecule has 136 valence electrons. The third kappa shape index (κ3) is 6.88. The third-order valence-electron chi connectivity index (χ3n) is 3.17. The normalized spacial score (nSPS) is 12.0. The molecule has 0 radical (unpaired) electrons. The summed E-state index contributed by atoms with van der Waals surface area (Å²) in [6.45, 7) is 10.6. The van der Waals surface area contributed by atoms with Gasteiger partial charge in [0.1, 0.15) is 5.75 Å². The maximum Gasteiger partial charge on any atom is 0.257 e. The fourth-order valence-electron chi connectivity index (χ4n) is 1.83. The maximum atomic E-state index is 12.1. The second kappa shape index (κ2) is 8.48. The number of carbonyl (C=O) groups is 1. The minimum Gasteiger partial charge on any atom is -0.484 e. The van der Waals surface area contributed by atoms with Gasteiger partial charge in [-0.15, -0.1) is 0 Å². The molecule has 2 N–H and O–H groups in total. The highest BCUT2D eigenvalue weighted by atomic mass is 32.2. The van der Waals surface area contributed by atoms with E-state index < -0.39 is 10.0 Å². The van der Waals surface area contributed by atoms with Crippen LogP contribution >= 0.6 is 0 Å². The Morgan fingerprint density at radius 1 is 1.25 bits per heavy atom. The Kier molecular flexibility index (Phi) is 7.23. The average molecular weight is 356 g/mol. The molecular weight excluding hydrogens is 328 g/mol. The summed E-state index contributed by atoms with van der Waals surface area (Å²) in [5.41, 5.74) is 0.672. The molecule has 0 aliphatic carbocycles. The van der Waals surface area contributed by atoms with Crippen molar-refractivity contribution in [2.45, 2.75) is 45.9 Å². The third-order valence-corrected chi connectivity index (χ3v) is 4.63. The van der Waals surface area contributed by atoms with Crippen molar-refractivity contribution >= 4 is 15.9 Å². The Morgan fingerprint density at radius 3 is 2.46 bits per heavy atom. The van der Waals surface area contributed by atoms with Crippen LogP contribution in [-0.2, 0) is 14.8 Å². The summed E-state index contributed by atoms with van der Waals surface area (Å²) in [5.74, 6) is 0.293. The van der Waals surface area contributed by atoms with Crippen LogP contribution in [0.3, 0.4) is 0 Å². The number of hydrogen-bond donors (Lipinski definition) is 2. The van der Waals surface area contributed by atoms with Gasteiger partial charge in [-0.05, 0) is 42.5 Å². The van der Waals surface area contributed by atoms with E-state index in [0.717, 1.165) is 6.42 Å². The van der Waals surface area contributed by atoms with Gasteiger partial charge in [0.05, 0.1) is 4.90 Å². The maximum absolute atomic E-state index is 12.1. The fourth-order valence-corrected chi connectivity index (χ4v) is 3.05. The zero-order valence-electron chi connectivity index (χ0n) is 15.1. The Labute approximate surface area is 145 Å². The number of amides is 1. The molecule has 0 saturated carbocycles. The van der Waals surface area contributed by atoms with Crippen molar-refractivity contribution in [3.63, 3.8) is 0 Å². The van der Waals surface area contributed by atoms with Gasteiger partial charge in [0.15, 0.2) is 6.61 Å². The van der Waals surface area contributed by atoms with Gasteiger partial charge in [0.2, 0.25) is 10.0 Å². The summed E-state index contributed by atoms with van der Waals surface area (Å²) in [6.07, 6.45) is 0.725. The van der Waals surface area contributed by atoms with Gasteiger partial charge in [-0.2, -0.15) is 0 Å². The number of rotatable bonds is 8. The van der Waals surface area contributed by atoms with Crippen LogP contribution in [0, 0.1) is 12.3 Å². The Morgan fingerprint density at radius 2 is 1.92 bits per heavy atom. The molecule has 1 aromatic carbocycles. The zero-order chi connectivity index (χ0) is 18.4. The van der Waals surface area contributed by atoms with Crippen LogP contribution in [0.4, 0.5) is 0 Å². The Hall–Kier alpha value is -1.60. The molecule has 0 unspecified atom stereocenters. The quantitative estimate of drug-likeness (QED) is 0.748. The SMILES string of the molecule is CCCNS(=O)(=O)c1ccc(OCC(=O)NCC(C)(C)C)c(C)c1. The number of ether oxygens (including phenoxy) is 1. The molecule has 6 nitrogen and oxygen atoms in total. The molecular formula is C17H28N2O4S. The van der Waals surface area contributed by atoms with Crippen molar-refractivity contribution in [3.05, 3.63) is 23.8 Å². The summed E-state index contributed by atoms with van der Waals surface area (Å²) < 4.78 is 32.2. The van der Waals surface area contributed by atoms with E-state index in [4.69, 9.17) is 4.74 Å². The molecule has 0 fully saturated rings. The molecule has 0 aliphatic rings. The second-order valence-electron chi connectivity index (χ2n) is 6.95. The van der Waals surface area contributed by atoms with Crippen LogP contribution in [0.15, 0.2) is 23.1 Å². The van der Waals surface area contributed by atoms with Crippen molar-refractivity contribution in [1.82, 2.24) is 10.0 Å². The van der Waals surface area contributed by atoms with Crippen LogP contribution in [0.1, 0.15) is 39.7 Å². The topological polar surface area (TPSA) is 84.5 Å². The lowest BCUT2D eigenvalue weighted by Gasteiger charge is -2.19. The summed E-state index contributed by atoms with van der Waals surface area (Å²) in [7, 11) is -3.50. The van der Waals surface area contributed by atoms with Crippen molar-refractivity contribution in [2.75, 3.05) is 19.7 Å². The van der Waals surface area contributed by atoms with Crippen molar-refractivity contribution < 1.29 is 17.9 Å². The number of hydrogen-bond acceptors (Lipinski definition) is 4. The first-order valence-electron chi connectivity index (χ1n) is 8.05. The van der Waals surface area contributed by atoms with Gasteiger partial charge >= 0.3 is 0 Å². The highest BCUT2D eigenvalue weighted by Gasteiger charge is 2.16. The van der Waals surface area contributed by atoms with Gasteiger partial charge in [0.25, 0.3) is 5.91 Å². The Bertz CT molecular complexity index is 664. The number of nitrogens with one attached hydrogen (secondary N) is 2. The van der Waals surface area contributed by atoms with Gasteiger partial charge in [0, 0.05) is 13.1 Å². The molecule has 0 heterocycles. The summed E-state index contributed by atoms with van der Waals surface area (Å²) >= 11 is 0. The molecule has 0 bridgehead atoms. The molecule has 0 spiro atoms. The molecule has 1 aromatic rings. The Balaban J connectivity index is 2.67. The number of benzene rings is 1. The van der Waals surface area contributed by atoms with Crippen molar-refractivity contribution in [3.8, 4) is 5.75 Å². The first kappa shape index (κ1) is 20.4. The predicted octanol–water partition coefficient (Wildman–Crippen LogP) is 2.22. The highest BCUT2D eigenvalue weighted by Crippen LogP contribution is 2.21. The highest BCUT2D eigenvalue weighted by molar-refractivity contribution is 7.89. The predicted molar refractivity (Wildman–Crippen MR) is 94.6 cm³/mol. The van der Waals surface area contributed by atoms with Gasteiger partial charge in [-0.1, -0.05) is 27.7 Å². The first-order valence-corrected chi connectivity index (χ1v) is 9.53. The minimum absolute atomic E-state index is 0.00702. The van der Waals surface area contributed by atoms with Crippen LogP contribution in [-0.4, -0.2) is 34.0 Å². The van der Waals surface area contributed by atoms with Gasteiger partial charge in [-0.25, -0.2) is 13.1 Å². The van der Waals surface area contributed by atoms with E-state index >= 15 is 0 Å². The first-order chi connectivity index (χ1) is 11.0. The van der Waals surface area contributed by atoms with Crippen molar-refractivity contribution in [2.24, 2.45) is 5.41 Å². The van der Waals surface area contributed by atoms with Crippen LogP contribution in [0.2, 0.25) is 0 Å². The lowest BCUT2D eigenvalue weighted by atomic mass is 9.97. The van der Waals surface area contributed by atoms with E-state index in [1.165, 1.54) is 6.07 Å². The lowest BCUT2D eigenvalue weighted by Crippen LogP contribution is -2.35. The minimum atomic E-state index is -3.50. The molecule has 0 aliphatic heterocycles. The largest absolute Gasteiger partial charge is 0.484 e. The standard InChI is InChI=1S/C17H28N2O4S/c1-6-9-19-24(21,22)14-7-8-15(13(2)10-14)23-11-16(20)18-12-17(3,4)5/h7-8,10,19H,6,9,11-12H2,1-5H3,(H,18,20). The monoisotopic (exact) mass is 356 g/mol. The van der Waals surface area contributed by atoms with Crippen LogP contribution in [0.5, 0.6) is 5.75 Å². The van der Waals surface area contributed by atoms with E-state index in [2.05, 4.69) is 10.0 Å². The molecule has 0 atom stereocenters. The number of sulfonamides is 1. The fraction of sp³-hybridized carbons (Fsp3) is 0.588. The van der Waals surface area contributed by atoms with Gasteiger partial charge < -0.3 is 10.1 Å². The molecule has 24 heavy (non-hydrogen) atoms. The smallest absolute Gasteiger partial charge is 0.257 e. The number of carbonyl (C=O) groups excluding carboxylic acids is 1. The summed E-state index contributed by atoms with van der Waals surface area (Å²) in [4.78, 5) is 12.0. The molecule has 1 rings (SSSR count). The average Bonchev–Trinajstić information content (AvgIpc) is 2.49. The molecule has 0 aromatic heterocycles. The van der Waals surface area contributed by atoms with Crippen LogP contribution < -0.4 is 14.8 Å². The van der Waals surface area contributed by atoms with Crippen molar-refractivity contribution in [1.29, 1.82) is 0 Å². The second-order valence-corrected chi connectivity index (χ2v) is 8.72. The van der Waals surface area contributed by atoms with E-state index in [1.807, 2.05) is 27.7 Å². The zero-order valence-corrected chi connectivity index (χ0v) is 15.9. The van der Waals surface area contributed by atoms with E-state index in [9.17, 15) is 13.2 Å². The summed E-state index contributed by atoms with van der Waals surface area (Å²) in [6, 6.07) is 4.60. The molecule has 0 saturated heterocycles. The number of aryl methyl sites for hydroxylation is 1. The van der Waals surface area contributed by atoms with E-state index in [0.29, 0.717) is 24.4 Å². The molecule has 7 heteroatoms. The van der Waals surface area contributed by atoms with Crippen LogP contribution in [0.25, 0.3) is 0 Å². The van der Waals surface area contributed by atoms with Gasteiger partial charge in [-0.3, -0.25) is 4.79 Å². The summed E-state index contributed by atoms with van der Waals surface area (Å²) in [5, 5.41) is 2.80. The van der Waals surface area contributed by atoms with E-state index in [-0.39, 0.29) is 22.8 Å².